The lowest BCUT2D eigenvalue weighted by molar-refractivity contribution is -0.129. The van der Waals surface area contributed by atoms with Crippen molar-refractivity contribution < 1.29 is 14.3 Å². The number of fused-ring (bicyclic) bond motifs is 1. The van der Waals surface area contributed by atoms with Crippen LogP contribution in [0.3, 0.4) is 0 Å². The Labute approximate surface area is 135 Å². The molecule has 1 atom stereocenters. The number of pyridine rings is 1. The Kier molecular flexibility index (Phi) is 4.55. The fraction of sp³-hybridized carbons (Fsp3) is 0.389. The Bertz CT molecular complexity index is 723. The van der Waals surface area contributed by atoms with E-state index in [4.69, 9.17) is 4.74 Å². The van der Waals surface area contributed by atoms with Gasteiger partial charge in [-0.3, -0.25) is 4.79 Å². The molecule has 1 N–H and O–H groups in total. The van der Waals surface area contributed by atoms with Crippen LogP contribution in [0.15, 0.2) is 36.4 Å². The molecule has 0 saturated heterocycles. The minimum absolute atomic E-state index is 0.211. The first-order valence-corrected chi connectivity index (χ1v) is 8.00. The average Bonchev–Trinajstić information content (AvgIpc) is 3.07. The van der Waals surface area contributed by atoms with Crippen molar-refractivity contribution in [1.82, 2.24) is 10.3 Å². The molecule has 0 spiro atoms. The molecule has 1 aliphatic rings. The number of aromatic nitrogens is 1. The number of nitrogens with zero attached hydrogens (tertiary/aromatic N) is 1. The largest absolute Gasteiger partial charge is 0.448 e. The fourth-order valence-corrected chi connectivity index (χ4v) is 2.84. The molecule has 5 heteroatoms. The van der Waals surface area contributed by atoms with E-state index in [-0.39, 0.29) is 17.6 Å². The van der Waals surface area contributed by atoms with E-state index in [1.54, 1.807) is 13.0 Å². The summed E-state index contributed by atoms with van der Waals surface area (Å²) in [6.07, 6.45) is 3.45. The number of esters is 1. The number of benzene rings is 1. The van der Waals surface area contributed by atoms with Crippen LogP contribution in [0.2, 0.25) is 0 Å². The second kappa shape index (κ2) is 6.77. The van der Waals surface area contributed by atoms with Gasteiger partial charge in [0.05, 0.1) is 5.52 Å². The van der Waals surface area contributed by atoms with Crippen molar-refractivity contribution in [3.05, 3.63) is 42.1 Å². The van der Waals surface area contributed by atoms with Crippen LogP contribution in [-0.2, 0) is 9.53 Å². The van der Waals surface area contributed by atoms with Crippen LogP contribution < -0.4 is 5.32 Å². The van der Waals surface area contributed by atoms with Gasteiger partial charge in [0, 0.05) is 11.4 Å². The van der Waals surface area contributed by atoms with Crippen molar-refractivity contribution in [2.24, 2.45) is 0 Å². The molecule has 1 aliphatic carbocycles. The molecule has 1 aromatic carbocycles. The number of para-hydroxylation sites is 1. The Morgan fingerprint density at radius 3 is 2.70 bits per heavy atom. The summed E-state index contributed by atoms with van der Waals surface area (Å²) in [6.45, 7) is 1.59. The van der Waals surface area contributed by atoms with Gasteiger partial charge in [0.1, 0.15) is 5.69 Å². The summed E-state index contributed by atoms with van der Waals surface area (Å²) in [5.41, 5.74) is 0.939. The van der Waals surface area contributed by atoms with E-state index in [0.717, 1.165) is 36.6 Å². The van der Waals surface area contributed by atoms with Crippen LogP contribution in [0.5, 0.6) is 0 Å². The lowest BCUT2D eigenvalue weighted by atomic mass is 10.2. The molecule has 1 fully saturated rings. The smallest absolute Gasteiger partial charge is 0.357 e. The van der Waals surface area contributed by atoms with E-state index in [1.807, 2.05) is 30.3 Å². The van der Waals surface area contributed by atoms with Gasteiger partial charge in [0.2, 0.25) is 0 Å². The summed E-state index contributed by atoms with van der Waals surface area (Å²) in [4.78, 5) is 28.5. The molecule has 1 amide bonds. The number of rotatable bonds is 4. The number of hydrogen-bond donors (Lipinski definition) is 1. The first kappa shape index (κ1) is 15.5. The van der Waals surface area contributed by atoms with E-state index in [0.29, 0.717) is 0 Å². The topological polar surface area (TPSA) is 68.3 Å². The molecule has 2 aromatic rings. The van der Waals surface area contributed by atoms with Gasteiger partial charge in [-0.1, -0.05) is 37.1 Å². The average molecular weight is 312 g/mol. The maximum atomic E-state index is 12.2. The highest BCUT2D eigenvalue weighted by Gasteiger charge is 2.23. The first-order chi connectivity index (χ1) is 11.1. The third-order valence-electron chi connectivity index (χ3n) is 4.16. The molecule has 1 heterocycles. The van der Waals surface area contributed by atoms with Crippen LogP contribution in [0.1, 0.15) is 43.1 Å². The van der Waals surface area contributed by atoms with Crippen LogP contribution in [0.25, 0.3) is 10.9 Å². The predicted octanol–water partition coefficient (Wildman–Crippen LogP) is 2.84. The van der Waals surface area contributed by atoms with Crippen molar-refractivity contribution in [2.45, 2.75) is 44.8 Å². The van der Waals surface area contributed by atoms with Gasteiger partial charge in [-0.25, -0.2) is 9.78 Å². The molecule has 1 aromatic heterocycles. The van der Waals surface area contributed by atoms with Crippen molar-refractivity contribution >= 4 is 22.8 Å². The van der Waals surface area contributed by atoms with E-state index in [9.17, 15) is 9.59 Å². The summed E-state index contributed by atoms with van der Waals surface area (Å²) in [6, 6.07) is 11.2. The summed E-state index contributed by atoms with van der Waals surface area (Å²) in [7, 11) is 0. The molecule has 3 rings (SSSR count). The van der Waals surface area contributed by atoms with E-state index in [2.05, 4.69) is 10.3 Å². The molecule has 1 saturated carbocycles. The molecule has 120 valence electrons. The minimum atomic E-state index is -0.823. The van der Waals surface area contributed by atoms with E-state index >= 15 is 0 Å². The van der Waals surface area contributed by atoms with Gasteiger partial charge < -0.3 is 10.1 Å². The van der Waals surface area contributed by atoms with Gasteiger partial charge in [0.25, 0.3) is 5.91 Å². The molecule has 0 unspecified atom stereocenters. The van der Waals surface area contributed by atoms with Gasteiger partial charge in [-0.05, 0) is 31.9 Å². The van der Waals surface area contributed by atoms with Gasteiger partial charge in [-0.15, -0.1) is 0 Å². The zero-order chi connectivity index (χ0) is 16.2. The van der Waals surface area contributed by atoms with Gasteiger partial charge in [-0.2, -0.15) is 0 Å². The summed E-state index contributed by atoms with van der Waals surface area (Å²) < 4.78 is 5.24. The lowest BCUT2D eigenvalue weighted by Crippen LogP contribution is -2.40. The molecular formula is C18H20N2O3. The Balaban J connectivity index is 1.63. The second-order valence-electron chi connectivity index (χ2n) is 5.93. The van der Waals surface area contributed by atoms with Crippen LogP contribution in [0.4, 0.5) is 0 Å². The highest BCUT2D eigenvalue weighted by Crippen LogP contribution is 2.18. The number of nitrogens with one attached hydrogen (secondary N) is 1. The fourth-order valence-electron chi connectivity index (χ4n) is 2.84. The standard InChI is InChI=1S/C18H20N2O3/c1-12(17(21)19-14-7-3-4-8-14)23-18(22)16-11-10-13-6-2-5-9-15(13)20-16/h2,5-6,9-12,14H,3-4,7-8H2,1H3,(H,19,21)/t12-/m1/s1. The van der Waals surface area contributed by atoms with Crippen LogP contribution in [0, 0.1) is 0 Å². The Morgan fingerprint density at radius 1 is 1.17 bits per heavy atom. The maximum Gasteiger partial charge on any atom is 0.357 e. The number of carbonyl (C=O) groups excluding carboxylic acids is 2. The quantitative estimate of drug-likeness (QED) is 0.882. The molecule has 0 aliphatic heterocycles. The summed E-state index contributed by atoms with van der Waals surface area (Å²) in [5, 5.41) is 3.88. The molecular weight excluding hydrogens is 292 g/mol. The minimum Gasteiger partial charge on any atom is -0.448 e. The maximum absolute atomic E-state index is 12.2. The molecule has 5 nitrogen and oxygen atoms in total. The Morgan fingerprint density at radius 2 is 1.91 bits per heavy atom. The number of amides is 1. The molecule has 0 radical (unpaired) electrons. The zero-order valence-electron chi connectivity index (χ0n) is 13.1. The second-order valence-corrected chi connectivity index (χ2v) is 5.93. The highest BCUT2D eigenvalue weighted by molar-refractivity contribution is 5.93. The van der Waals surface area contributed by atoms with Gasteiger partial charge in [0.15, 0.2) is 6.10 Å². The molecule has 23 heavy (non-hydrogen) atoms. The van der Waals surface area contributed by atoms with Crippen LogP contribution >= 0.6 is 0 Å². The van der Waals surface area contributed by atoms with Crippen molar-refractivity contribution in [2.75, 3.05) is 0 Å². The van der Waals surface area contributed by atoms with E-state index in [1.165, 1.54) is 0 Å². The van der Waals surface area contributed by atoms with E-state index < -0.39 is 12.1 Å². The third kappa shape index (κ3) is 3.67. The van der Waals surface area contributed by atoms with Crippen molar-refractivity contribution in [3.63, 3.8) is 0 Å². The third-order valence-corrected chi connectivity index (χ3v) is 4.16. The number of ether oxygens (including phenoxy) is 1. The lowest BCUT2D eigenvalue weighted by Gasteiger charge is -2.17. The molecule has 0 bridgehead atoms. The van der Waals surface area contributed by atoms with Crippen molar-refractivity contribution in [3.8, 4) is 0 Å². The van der Waals surface area contributed by atoms with Crippen molar-refractivity contribution in [1.29, 1.82) is 0 Å². The number of carbonyl (C=O) groups is 2. The summed E-state index contributed by atoms with van der Waals surface area (Å²) in [5.74, 6) is -0.823. The SMILES string of the molecule is C[C@@H](OC(=O)c1ccc2ccccc2n1)C(=O)NC1CCCC1. The Hall–Kier alpha value is -2.43. The van der Waals surface area contributed by atoms with Crippen LogP contribution in [-0.4, -0.2) is 29.0 Å². The highest BCUT2D eigenvalue weighted by atomic mass is 16.5. The summed E-state index contributed by atoms with van der Waals surface area (Å²) >= 11 is 0. The zero-order valence-corrected chi connectivity index (χ0v) is 13.1. The predicted molar refractivity (Wildman–Crippen MR) is 87.0 cm³/mol. The van der Waals surface area contributed by atoms with Gasteiger partial charge >= 0.3 is 5.97 Å². The first-order valence-electron chi connectivity index (χ1n) is 8.00. The number of hydrogen-bond acceptors (Lipinski definition) is 4. The normalized spacial score (nSPS) is 16.2. The monoisotopic (exact) mass is 312 g/mol.